The van der Waals surface area contributed by atoms with Gasteiger partial charge in [0.05, 0.1) is 5.69 Å². The number of nitrogens with zero attached hydrogens (tertiary/aromatic N) is 2. The van der Waals surface area contributed by atoms with Gasteiger partial charge in [-0.1, -0.05) is 17.7 Å². The third kappa shape index (κ3) is 2.74. The van der Waals surface area contributed by atoms with Gasteiger partial charge in [-0.05, 0) is 50.6 Å². The molecule has 0 bridgehead atoms. The molecule has 1 aliphatic heterocycles. The quantitative estimate of drug-likeness (QED) is 0.889. The summed E-state index contributed by atoms with van der Waals surface area (Å²) < 4.78 is 1.07. The first-order valence-electron chi connectivity index (χ1n) is 7.48. The molecular formula is C18H17N3O3. The summed E-state index contributed by atoms with van der Waals surface area (Å²) in [7, 11) is 0. The van der Waals surface area contributed by atoms with Crippen molar-refractivity contribution in [2.75, 3.05) is 0 Å². The fourth-order valence-electron chi connectivity index (χ4n) is 2.59. The smallest absolute Gasteiger partial charge is 0.335 e. The van der Waals surface area contributed by atoms with Gasteiger partial charge in [-0.25, -0.2) is 9.36 Å². The average molecular weight is 323 g/mol. The number of allylic oxidation sites excluding steroid dienone is 3. The predicted octanol–water partition coefficient (Wildman–Crippen LogP) is 2.30. The Morgan fingerprint density at radius 3 is 2.38 bits per heavy atom. The van der Waals surface area contributed by atoms with Crippen LogP contribution in [0.15, 0.2) is 56.2 Å². The number of hydrogen-bond acceptors (Lipinski definition) is 4. The van der Waals surface area contributed by atoms with Crippen molar-refractivity contribution in [2.24, 2.45) is 4.99 Å². The molecule has 0 spiro atoms. The maximum atomic E-state index is 12.1. The molecule has 24 heavy (non-hydrogen) atoms. The number of aryl methyl sites for hydroxylation is 1. The summed E-state index contributed by atoms with van der Waals surface area (Å²) in [5.41, 5.74) is 2.49. The summed E-state index contributed by atoms with van der Waals surface area (Å²) in [6.45, 7) is 5.59. The Morgan fingerprint density at radius 1 is 1.12 bits per heavy atom. The van der Waals surface area contributed by atoms with Crippen LogP contribution in [0.5, 0.6) is 5.88 Å². The zero-order valence-electron chi connectivity index (χ0n) is 13.6. The van der Waals surface area contributed by atoms with Crippen molar-refractivity contribution in [1.29, 1.82) is 0 Å². The summed E-state index contributed by atoms with van der Waals surface area (Å²) in [4.78, 5) is 30.8. The third-order valence-electron chi connectivity index (χ3n) is 3.84. The molecular weight excluding hydrogens is 306 g/mol. The molecule has 1 aromatic carbocycles. The molecule has 0 saturated carbocycles. The highest BCUT2D eigenvalue weighted by Gasteiger charge is 2.16. The van der Waals surface area contributed by atoms with E-state index in [1.54, 1.807) is 12.1 Å². The molecule has 0 amide bonds. The maximum Gasteiger partial charge on any atom is 0.335 e. The van der Waals surface area contributed by atoms with Gasteiger partial charge in [0.2, 0.25) is 5.88 Å². The number of benzene rings is 1. The standard InChI is InChI=1S/C18H17N3O3/c1-10-4-6-14(7-5-10)21-17(23)15(16(22)20-18(21)24)9-13-8-11(2)19-12(13)3/h4-9,23H,1-3H3,(H,20,22,24). The number of aromatic nitrogens is 2. The molecule has 6 nitrogen and oxygen atoms in total. The van der Waals surface area contributed by atoms with Gasteiger partial charge in [-0.3, -0.25) is 14.8 Å². The van der Waals surface area contributed by atoms with E-state index in [2.05, 4.69) is 9.98 Å². The van der Waals surface area contributed by atoms with Gasteiger partial charge >= 0.3 is 5.69 Å². The number of H-pyrrole nitrogens is 1. The molecule has 6 heteroatoms. The molecule has 0 atom stereocenters. The van der Waals surface area contributed by atoms with E-state index in [-0.39, 0.29) is 5.56 Å². The van der Waals surface area contributed by atoms with Crippen molar-refractivity contribution in [1.82, 2.24) is 9.55 Å². The van der Waals surface area contributed by atoms with Crippen molar-refractivity contribution < 1.29 is 5.11 Å². The lowest BCUT2D eigenvalue weighted by Gasteiger charge is -2.10. The van der Waals surface area contributed by atoms with Gasteiger partial charge in [0, 0.05) is 11.4 Å². The Balaban J connectivity index is 2.23. The largest absolute Gasteiger partial charge is 0.494 e. The topological polar surface area (TPSA) is 87.5 Å². The normalized spacial score (nSPS) is 15.5. The highest BCUT2D eigenvalue weighted by molar-refractivity contribution is 6.07. The number of nitrogens with one attached hydrogen (secondary N) is 1. The minimum absolute atomic E-state index is 0.0191. The second kappa shape index (κ2) is 5.81. The van der Waals surface area contributed by atoms with Crippen LogP contribution in [0.25, 0.3) is 11.8 Å². The summed E-state index contributed by atoms with van der Waals surface area (Å²) in [6, 6.07) is 7.06. The Labute approximate surface area is 138 Å². The summed E-state index contributed by atoms with van der Waals surface area (Å²) >= 11 is 0. The minimum Gasteiger partial charge on any atom is -0.494 e. The molecule has 0 fully saturated rings. The molecule has 0 aliphatic carbocycles. The SMILES string of the molecule is CC1=CC(=Cc2c(O)n(-c3ccc(C)cc3)c(=O)[nH]c2=O)C(C)=N1. The summed E-state index contributed by atoms with van der Waals surface area (Å²) in [5, 5.41) is 10.5. The highest BCUT2D eigenvalue weighted by atomic mass is 16.3. The molecule has 1 aromatic heterocycles. The first-order valence-corrected chi connectivity index (χ1v) is 7.48. The van der Waals surface area contributed by atoms with E-state index in [4.69, 9.17) is 0 Å². The number of hydrogen-bond donors (Lipinski definition) is 2. The van der Waals surface area contributed by atoms with E-state index in [0.29, 0.717) is 5.69 Å². The third-order valence-corrected chi connectivity index (χ3v) is 3.84. The van der Waals surface area contributed by atoms with Gasteiger partial charge in [-0.15, -0.1) is 0 Å². The zero-order chi connectivity index (χ0) is 17.4. The van der Waals surface area contributed by atoms with Crippen LogP contribution in [-0.2, 0) is 0 Å². The molecule has 0 saturated heterocycles. The number of aromatic hydroxyl groups is 1. The van der Waals surface area contributed by atoms with Crippen LogP contribution in [0.1, 0.15) is 25.0 Å². The van der Waals surface area contributed by atoms with Gasteiger partial charge in [0.15, 0.2) is 0 Å². The van der Waals surface area contributed by atoms with Crippen LogP contribution in [0.2, 0.25) is 0 Å². The van der Waals surface area contributed by atoms with E-state index in [1.807, 2.05) is 39.0 Å². The van der Waals surface area contributed by atoms with E-state index in [9.17, 15) is 14.7 Å². The predicted molar refractivity (Wildman–Crippen MR) is 93.9 cm³/mol. The van der Waals surface area contributed by atoms with E-state index >= 15 is 0 Å². The Hall–Kier alpha value is -3.15. The lowest BCUT2D eigenvalue weighted by atomic mass is 10.1. The number of aliphatic imine (C=N–C) groups is 1. The fourth-order valence-corrected chi connectivity index (χ4v) is 2.59. The zero-order valence-corrected chi connectivity index (χ0v) is 13.6. The summed E-state index contributed by atoms with van der Waals surface area (Å²) in [5.74, 6) is -0.397. The van der Waals surface area contributed by atoms with Crippen LogP contribution in [0, 0.1) is 6.92 Å². The van der Waals surface area contributed by atoms with Crippen molar-refractivity contribution in [2.45, 2.75) is 20.8 Å². The van der Waals surface area contributed by atoms with Crippen LogP contribution in [-0.4, -0.2) is 20.4 Å². The van der Waals surface area contributed by atoms with E-state index in [1.165, 1.54) is 6.08 Å². The molecule has 2 aromatic rings. The average Bonchev–Trinajstić information content (AvgIpc) is 2.83. The van der Waals surface area contributed by atoms with E-state index < -0.39 is 17.1 Å². The molecule has 2 heterocycles. The number of aromatic amines is 1. The monoisotopic (exact) mass is 323 g/mol. The van der Waals surface area contributed by atoms with Gasteiger partial charge in [0.25, 0.3) is 5.56 Å². The number of rotatable bonds is 2. The van der Waals surface area contributed by atoms with Gasteiger partial charge in [0.1, 0.15) is 5.56 Å². The fraction of sp³-hybridized carbons (Fsp3) is 0.167. The van der Waals surface area contributed by atoms with Gasteiger partial charge in [-0.2, -0.15) is 0 Å². The van der Waals surface area contributed by atoms with Crippen molar-refractivity contribution in [3.05, 3.63) is 73.6 Å². The maximum absolute atomic E-state index is 12.1. The molecule has 1 aliphatic rings. The van der Waals surface area contributed by atoms with Crippen LogP contribution >= 0.6 is 0 Å². The highest BCUT2D eigenvalue weighted by Crippen LogP contribution is 2.22. The lowest BCUT2D eigenvalue weighted by Crippen LogP contribution is -2.30. The first-order chi connectivity index (χ1) is 11.4. The van der Waals surface area contributed by atoms with Gasteiger partial charge < -0.3 is 5.11 Å². The Morgan fingerprint density at radius 2 is 1.79 bits per heavy atom. The van der Waals surface area contributed by atoms with Crippen molar-refractivity contribution >= 4 is 11.8 Å². The second-order valence-corrected chi connectivity index (χ2v) is 5.75. The van der Waals surface area contributed by atoms with Crippen LogP contribution in [0.3, 0.4) is 0 Å². The molecule has 0 radical (unpaired) electrons. The minimum atomic E-state index is -0.688. The van der Waals surface area contributed by atoms with Crippen molar-refractivity contribution in [3.63, 3.8) is 0 Å². The Bertz CT molecular complexity index is 1020. The van der Waals surface area contributed by atoms with Crippen LogP contribution in [0.4, 0.5) is 0 Å². The lowest BCUT2D eigenvalue weighted by molar-refractivity contribution is 0.429. The van der Waals surface area contributed by atoms with Crippen LogP contribution < -0.4 is 11.2 Å². The molecule has 122 valence electrons. The summed E-state index contributed by atoms with van der Waals surface area (Å²) in [6.07, 6.45) is 3.35. The van der Waals surface area contributed by atoms with Crippen molar-refractivity contribution in [3.8, 4) is 11.6 Å². The molecule has 0 unspecified atom stereocenters. The Kier molecular flexibility index (Phi) is 3.81. The van der Waals surface area contributed by atoms with E-state index in [0.717, 1.165) is 27.1 Å². The first kappa shape index (κ1) is 15.7. The second-order valence-electron chi connectivity index (χ2n) is 5.75. The molecule has 2 N–H and O–H groups in total. The molecule has 3 rings (SSSR count).